The molecule has 1 amide bonds. The second-order valence-corrected chi connectivity index (χ2v) is 3.77. The molecule has 2 atom stereocenters. The van der Waals surface area contributed by atoms with E-state index < -0.39 is 0 Å². The molecule has 0 saturated carbocycles. The topological polar surface area (TPSA) is 49.8 Å². The Bertz CT molecular complexity index is 194. The molecule has 1 aliphatic heterocycles. The van der Waals surface area contributed by atoms with Gasteiger partial charge in [-0.05, 0) is 33.1 Å². The maximum atomic E-state index is 11.5. The second kappa shape index (κ2) is 5.20. The lowest BCUT2D eigenvalue weighted by Gasteiger charge is -2.24. The van der Waals surface area contributed by atoms with Crippen molar-refractivity contribution >= 4 is 6.09 Å². The molecule has 1 saturated heterocycles. The molecule has 1 rings (SSSR count). The van der Waals surface area contributed by atoms with Crippen LogP contribution in [-0.4, -0.2) is 41.4 Å². The molecule has 0 radical (unpaired) electrons. The molecular weight excluding hydrogens is 182 g/mol. The van der Waals surface area contributed by atoms with Crippen LogP contribution in [0.4, 0.5) is 4.79 Å². The highest BCUT2D eigenvalue weighted by atomic mass is 16.6. The van der Waals surface area contributed by atoms with Gasteiger partial charge in [0, 0.05) is 12.6 Å². The Hall–Kier alpha value is -0.770. The van der Waals surface area contributed by atoms with Gasteiger partial charge in [0.1, 0.15) is 0 Å². The van der Waals surface area contributed by atoms with Crippen LogP contribution in [0.1, 0.15) is 33.1 Å². The molecule has 0 unspecified atom stereocenters. The highest BCUT2D eigenvalue weighted by Gasteiger charge is 2.30. The third-order valence-electron chi connectivity index (χ3n) is 2.49. The minimum Gasteiger partial charge on any atom is -0.450 e. The van der Waals surface area contributed by atoms with E-state index in [1.165, 1.54) is 0 Å². The van der Waals surface area contributed by atoms with Gasteiger partial charge in [-0.2, -0.15) is 0 Å². The van der Waals surface area contributed by atoms with Crippen molar-refractivity contribution in [2.24, 2.45) is 0 Å². The van der Waals surface area contributed by atoms with E-state index in [1.54, 1.807) is 18.7 Å². The predicted molar refractivity (Wildman–Crippen MR) is 53.0 cm³/mol. The summed E-state index contributed by atoms with van der Waals surface area (Å²) < 4.78 is 4.94. The van der Waals surface area contributed by atoms with E-state index in [1.807, 2.05) is 0 Å². The fourth-order valence-corrected chi connectivity index (χ4v) is 1.92. The van der Waals surface area contributed by atoms with Gasteiger partial charge in [-0.15, -0.1) is 0 Å². The van der Waals surface area contributed by atoms with Gasteiger partial charge in [-0.3, -0.25) is 0 Å². The van der Waals surface area contributed by atoms with E-state index >= 15 is 0 Å². The van der Waals surface area contributed by atoms with Crippen molar-refractivity contribution in [3.63, 3.8) is 0 Å². The third-order valence-corrected chi connectivity index (χ3v) is 2.49. The number of amides is 1. The second-order valence-electron chi connectivity index (χ2n) is 3.77. The minimum absolute atomic E-state index is 0.161. The van der Waals surface area contributed by atoms with Crippen molar-refractivity contribution < 1.29 is 14.6 Å². The Morgan fingerprint density at radius 3 is 3.00 bits per heavy atom. The fraction of sp³-hybridized carbons (Fsp3) is 0.900. The summed E-state index contributed by atoms with van der Waals surface area (Å²) in [4.78, 5) is 13.2. The van der Waals surface area contributed by atoms with E-state index in [-0.39, 0.29) is 18.2 Å². The van der Waals surface area contributed by atoms with Crippen LogP contribution in [0.15, 0.2) is 0 Å². The average Bonchev–Trinajstić information content (AvgIpc) is 2.51. The molecule has 0 spiro atoms. The van der Waals surface area contributed by atoms with Crippen molar-refractivity contribution in [3.05, 3.63) is 0 Å². The number of aliphatic hydroxyl groups is 1. The molecule has 1 aliphatic rings. The Morgan fingerprint density at radius 1 is 1.71 bits per heavy atom. The first kappa shape index (κ1) is 11.3. The molecule has 4 nitrogen and oxygen atoms in total. The van der Waals surface area contributed by atoms with Crippen LogP contribution in [0.3, 0.4) is 0 Å². The number of carbonyl (C=O) groups is 1. The van der Waals surface area contributed by atoms with Crippen LogP contribution in [0.25, 0.3) is 0 Å². The summed E-state index contributed by atoms with van der Waals surface area (Å²) in [6.45, 7) is 4.73. The van der Waals surface area contributed by atoms with Crippen molar-refractivity contribution in [2.75, 3.05) is 13.2 Å². The summed E-state index contributed by atoms with van der Waals surface area (Å²) in [6.07, 6.45) is 2.05. The van der Waals surface area contributed by atoms with Gasteiger partial charge in [0.2, 0.25) is 0 Å². The first-order chi connectivity index (χ1) is 6.65. The highest BCUT2D eigenvalue weighted by molar-refractivity contribution is 5.68. The van der Waals surface area contributed by atoms with Gasteiger partial charge in [-0.1, -0.05) is 0 Å². The zero-order valence-corrected chi connectivity index (χ0v) is 8.90. The zero-order chi connectivity index (χ0) is 10.6. The van der Waals surface area contributed by atoms with Gasteiger partial charge >= 0.3 is 6.09 Å². The molecule has 4 heteroatoms. The smallest absolute Gasteiger partial charge is 0.409 e. The Labute approximate surface area is 84.8 Å². The zero-order valence-electron chi connectivity index (χ0n) is 8.90. The first-order valence-electron chi connectivity index (χ1n) is 5.26. The highest BCUT2D eigenvalue weighted by Crippen LogP contribution is 2.22. The normalized spacial score (nSPS) is 23.6. The van der Waals surface area contributed by atoms with E-state index in [0.717, 1.165) is 19.4 Å². The molecule has 1 fully saturated rings. The van der Waals surface area contributed by atoms with Crippen LogP contribution in [0.5, 0.6) is 0 Å². The molecule has 82 valence electrons. The fourth-order valence-electron chi connectivity index (χ4n) is 1.92. The maximum Gasteiger partial charge on any atom is 0.409 e. The summed E-state index contributed by atoms with van der Waals surface area (Å²) in [7, 11) is 0. The van der Waals surface area contributed by atoms with Crippen LogP contribution >= 0.6 is 0 Å². The molecule has 0 aromatic heterocycles. The quantitative estimate of drug-likeness (QED) is 0.750. The number of ether oxygens (including phenoxy) is 1. The lowest BCUT2D eigenvalue weighted by Crippen LogP contribution is -2.37. The largest absolute Gasteiger partial charge is 0.450 e. The summed E-state index contributed by atoms with van der Waals surface area (Å²) >= 11 is 0. The lowest BCUT2D eigenvalue weighted by atomic mass is 10.1. The van der Waals surface area contributed by atoms with Gasteiger partial charge in [0.15, 0.2) is 0 Å². The summed E-state index contributed by atoms with van der Waals surface area (Å²) in [5.41, 5.74) is 0. The van der Waals surface area contributed by atoms with Crippen LogP contribution in [-0.2, 0) is 4.74 Å². The maximum absolute atomic E-state index is 11.5. The predicted octanol–water partition coefficient (Wildman–Crippen LogP) is 1.38. The molecule has 14 heavy (non-hydrogen) atoms. The molecule has 0 aliphatic carbocycles. The minimum atomic E-state index is -0.352. The van der Waals surface area contributed by atoms with Crippen LogP contribution < -0.4 is 0 Å². The monoisotopic (exact) mass is 201 g/mol. The van der Waals surface area contributed by atoms with Crippen molar-refractivity contribution in [3.8, 4) is 0 Å². The molecule has 0 bridgehead atoms. The lowest BCUT2D eigenvalue weighted by molar-refractivity contribution is 0.0879. The van der Waals surface area contributed by atoms with Gasteiger partial charge in [0.25, 0.3) is 0 Å². The summed E-state index contributed by atoms with van der Waals surface area (Å²) in [6, 6.07) is 0.161. The van der Waals surface area contributed by atoms with E-state index in [4.69, 9.17) is 4.74 Å². The molecular formula is C10H19NO3. The molecule has 1 heterocycles. The van der Waals surface area contributed by atoms with E-state index in [0.29, 0.717) is 13.0 Å². The van der Waals surface area contributed by atoms with Crippen molar-refractivity contribution in [1.29, 1.82) is 0 Å². The third kappa shape index (κ3) is 2.87. The van der Waals surface area contributed by atoms with Crippen LogP contribution in [0.2, 0.25) is 0 Å². The number of nitrogens with zero attached hydrogens (tertiary/aromatic N) is 1. The van der Waals surface area contributed by atoms with Crippen LogP contribution in [0, 0.1) is 0 Å². The van der Waals surface area contributed by atoms with Gasteiger partial charge in [0.05, 0.1) is 12.7 Å². The Kier molecular flexibility index (Phi) is 4.20. The number of hydrogen-bond acceptors (Lipinski definition) is 3. The number of carbonyl (C=O) groups excluding carboxylic acids is 1. The molecule has 0 aromatic rings. The SMILES string of the molecule is CCOC(=O)N1CCC[C@H]1C[C@H](C)O. The number of likely N-dealkylation sites (tertiary alicyclic amines) is 1. The first-order valence-corrected chi connectivity index (χ1v) is 5.26. The van der Waals surface area contributed by atoms with Crippen molar-refractivity contribution in [1.82, 2.24) is 4.90 Å². The number of rotatable bonds is 3. The van der Waals surface area contributed by atoms with Gasteiger partial charge in [-0.25, -0.2) is 4.79 Å². The number of aliphatic hydroxyl groups excluding tert-OH is 1. The Morgan fingerprint density at radius 2 is 2.43 bits per heavy atom. The summed E-state index contributed by atoms with van der Waals surface area (Å²) in [5.74, 6) is 0. The van der Waals surface area contributed by atoms with E-state index in [9.17, 15) is 9.90 Å². The van der Waals surface area contributed by atoms with Gasteiger partial charge < -0.3 is 14.7 Å². The number of hydrogen-bond donors (Lipinski definition) is 1. The molecule has 0 aromatic carbocycles. The average molecular weight is 201 g/mol. The van der Waals surface area contributed by atoms with E-state index in [2.05, 4.69) is 0 Å². The summed E-state index contributed by atoms with van der Waals surface area (Å²) in [5, 5.41) is 9.26. The van der Waals surface area contributed by atoms with Crippen molar-refractivity contribution in [2.45, 2.75) is 45.3 Å². The molecule has 1 N–H and O–H groups in total. The Balaban J connectivity index is 2.46. The standard InChI is InChI=1S/C10H19NO3/c1-3-14-10(13)11-6-4-5-9(11)7-8(2)12/h8-9,12H,3-7H2,1-2H3/t8-,9-/m0/s1.